The van der Waals surface area contributed by atoms with Crippen LogP contribution in [0.1, 0.15) is 5.56 Å². The molecule has 0 aliphatic rings. The third-order valence-electron chi connectivity index (χ3n) is 1.70. The molecule has 0 atom stereocenters. The van der Waals surface area contributed by atoms with Crippen LogP contribution in [0.4, 0.5) is 5.69 Å². The third kappa shape index (κ3) is 3.57. The maximum absolute atomic E-state index is 10.7. The predicted octanol–water partition coefficient (Wildman–Crippen LogP) is 1.77. The Morgan fingerprint density at radius 3 is 3.07 bits per heavy atom. The highest BCUT2D eigenvalue weighted by Crippen LogP contribution is 2.09. The van der Waals surface area contributed by atoms with Gasteiger partial charge in [-0.1, -0.05) is 12.0 Å². The number of carbonyl (C=O) groups is 1. The van der Waals surface area contributed by atoms with Crippen molar-refractivity contribution in [3.05, 3.63) is 42.1 Å². The number of benzene rings is 1. The molecule has 76 valence electrons. The molecule has 0 heterocycles. The highest BCUT2D eigenvalue weighted by molar-refractivity contribution is 5.82. The van der Waals surface area contributed by atoms with Crippen LogP contribution >= 0.6 is 0 Å². The number of terminal acetylenes is 1. The van der Waals surface area contributed by atoms with E-state index >= 15 is 0 Å². The summed E-state index contributed by atoms with van der Waals surface area (Å²) in [6.45, 7) is 0. The zero-order valence-corrected chi connectivity index (χ0v) is 8.36. The molecule has 15 heavy (non-hydrogen) atoms. The van der Waals surface area contributed by atoms with Crippen molar-refractivity contribution in [3.63, 3.8) is 0 Å². The van der Waals surface area contributed by atoms with Crippen molar-refractivity contribution in [2.75, 3.05) is 12.4 Å². The molecule has 0 bridgehead atoms. The molecule has 0 aliphatic carbocycles. The summed E-state index contributed by atoms with van der Waals surface area (Å²) in [7, 11) is 1.33. The monoisotopic (exact) mass is 201 g/mol. The van der Waals surface area contributed by atoms with Crippen molar-refractivity contribution in [3.8, 4) is 12.3 Å². The maximum Gasteiger partial charge on any atom is 0.331 e. The average Bonchev–Trinajstić information content (AvgIpc) is 2.29. The standard InChI is InChI=1S/C12H11NO2/c1-3-10-5-4-6-11(9-10)13-8-7-12(14)15-2/h1,4-9,13H,2H3/b8-7-. The number of rotatable bonds is 3. The van der Waals surface area contributed by atoms with Crippen molar-refractivity contribution in [1.82, 2.24) is 0 Å². The highest BCUT2D eigenvalue weighted by atomic mass is 16.5. The lowest BCUT2D eigenvalue weighted by Gasteiger charge is -2.00. The molecular weight excluding hydrogens is 190 g/mol. The molecule has 0 radical (unpaired) electrons. The van der Waals surface area contributed by atoms with Gasteiger partial charge in [0.2, 0.25) is 0 Å². The van der Waals surface area contributed by atoms with Gasteiger partial charge in [-0.2, -0.15) is 0 Å². The van der Waals surface area contributed by atoms with Crippen LogP contribution in [0.25, 0.3) is 0 Å². The number of nitrogens with one attached hydrogen (secondary N) is 1. The zero-order valence-electron chi connectivity index (χ0n) is 8.36. The second-order valence-electron chi connectivity index (χ2n) is 2.73. The second kappa shape index (κ2) is 5.51. The Bertz CT molecular complexity index is 416. The van der Waals surface area contributed by atoms with Gasteiger partial charge in [-0.15, -0.1) is 6.42 Å². The molecule has 3 nitrogen and oxygen atoms in total. The van der Waals surface area contributed by atoms with E-state index in [-0.39, 0.29) is 0 Å². The van der Waals surface area contributed by atoms with Crippen LogP contribution < -0.4 is 5.32 Å². The number of carbonyl (C=O) groups excluding carboxylic acids is 1. The molecule has 0 aromatic heterocycles. The van der Waals surface area contributed by atoms with E-state index in [9.17, 15) is 4.79 Å². The number of hydrogen-bond donors (Lipinski definition) is 1. The molecule has 1 N–H and O–H groups in total. The predicted molar refractivity (Wildman–Crippen MR) is 59.2 cm³/mol. The topological polar surface area (TPSA) is 38.3 Å². The van der Waals surface area contributed by atoms with Gasteiger partial charge in [0.15, 0.2) is 0 Å². The van der Waals surface area contributed by atoms with Gasteiger partial charge in [0.1, 0.15) is 0 Å². The van der Waals surface area contributed by atoms with Gasteiger partial charge in [-0.25, -0.2) is 4.79 Å². The van der Waals surface area contributed by atoms with Gasteiger partial charge in [0.05, 0.1) is 7.11 Å². The summed E-state index contributed by atoms with van der Waals surface area (Å²) in [5.41, 5.74) is 1.61. The Kier molecular flexibility index (Phi) is 3.99. The van der Waals surface area contributed by atoms with E-state index in [0.717, 1.165) is 11.3 Å². The van der Waals surface area contributed by atoms with Gasteiger partial charge < -0.3 is 10.1 Å². The van der Waals surface area contributed by atoms with Crippen LogP contribution in [0, 0.1) is 12.3 Å². The van der Waals surface area contributed by atoms with Gasteiger partial charge in [0.25, 0.3) is 0 Å². The first-order chi connectivity index (χ1) is 7.26. The van der Waals surface area contributed by atoms with Crippen LogP contribution in [0.5, 0.6) is 0 Å². The van der Waals surface area contributed by atoms with Gasteiger partial charge in [0, 0.05) is 23.5 Å². The molecule has 0 fully saturated rings. The minimum absolute atomic E-state index is 0.407. The van der Waals surface area contributed by atoms with E-state index in [1.54, 1.807) is 0 Å². The van der Waals surface area contributed by atoms with Crippen LogP contribution in [-0.2, 0) is 9.53 Å². The van der Waals surface area contributed by atoms with E-state index in [1.807, 2.05) is 24.3 Å². The van der Waals surface area contributed by atoms with Crippen molar-refractivity contribution >= 4 is 11.7 Å². The molecule has 1 rings (SSSR count). The molecule has 1 aromatic rings. The lowest BCUT2D eigenvalue weighted by atomic mass is 10.2. The van der Waals surface area contributed by atoms with E-state index in [4.69, 9.17) is 6.42 Å². The highest BCUT2D eigenvalue weighted by Gasteiger charge is 1.92. The molecule has 1 aromatic carbocycles. The minimum atomic E-state index is -0.407. The van der Waals surface area contributed by atoms with Crippen molar-refractivity contribution in [1.29, 1.82) is 0 Å². The number of anilines is 1. The Morgan fingerprint density at radius 1 is 1.60 bits per heavy atom. The minimum Gasteiger partial charge on any atom is -0.466 e. The SMILES string of the molecule is C#Cc1cccc(N/C=C\C(=O)OC)c1. The smallest absolute Gasteiger partial charge is 0.331 e. The van der Waals surface area contributed by atoms with Crippen molar-refractivity contribution < 1.29 is 9.53 Å². The third-order valence-corrected chi connectivity index (χ3v) is 1.70. The lowest BCUT2D eigenvalue weighted by molar-refractivity contribution is -0.134. The number of hydrogen-bond acceptors (Lipinski definition) is 3. The summed E-state index contributed by atoms with van der Waals surface area (Å²) < 4.78 is 4.43. The summed E-state index contributed by atoms with van der Waals surface area (Å²) >= 11 is 0. The van der Waals surface area contributed by atoms with E-state index < -0.39 is 5.97 Å². The first-order valence-corrected chi connectivity index (χ1v) is 4.34. The molecule has 0 unspecified atom stereocenters. The Balaban J connectivity index is 2.62. The Labute approximate surface area is 88.8 Å². The van der Waals surface area contributed by atoms with Gasteiger partial charge >= 0.3 is 5.97 Å². The summed E-state index contributed by atoms with van der Waals surface area (Å²) in [5.74, 6) is 2.12. The van der Waals surface area contributed by atoms with Crippen LogP contribution in [0.3, 0.4) is 0 Å². The molecule has 0 spiro atoms. The normalized spacial score (nSPS) is 9.60. The quantitative estimate of drug-likeness (QED) is 0.460. The fourth-order valence-corrected chi connectivity index (χ4v) is 0.973. The maximum atomic E-state index is 10.7. The number of esters is 1. The molecule has 0 saturated heterocycles. The van der Waals surface area contributed by atoms with Gasteiger partial charge in [-0.05, 0) is 18.2 Å². The van der Waals surface area contributed by atoms with E-state index in [2.05, 4.69) is 16.0 Å². The first-order valence-electron chi connectivity index (χ1n) is 4.34. The number of ether oxygens (including phenoxy) is 1. The largest absolute Gasteiger partial charge is 0.466 e. The number of methoxy groups -OCH3 is 1. The van der Waals surface area contributed by atoms with E-state index in [1.165, 1.54) is 19.4 Å². The lowest BCUT2D eigenvalue weighted by Crippen LogP contribution is -1.96. The Hall–Kier alpha value is -2.21. The zero-order chi connectivity index (χ0) is 11.1. The Morgan fingerprint density at radius 2 is 2.40 bits per heavy atom. The molecule has 0 saturated carbocycles. The summed E-state index contributed by atoms with van der Waals surface area (Å²) in [5, 5.41) is 2.91. The molecule has 3 heteroatoms. The second-order valence-corrected chi connectivity index (χ2v) is 2.73. The molecular formula is C12H11NO2. The van der Waals surface area contributed by atoms with Crippen molar-refractivity contribution in [2.24, 2.45) is 0 Å². The summed E-state index contributed by atoms with van der Waals surface area (Å²) in [4.78, 5) is 10.7. The fraction of sp³-hybridized carbons (Fsp3) is 0.0833. The first kappa shape index (κ1) is 10.9. The average molecular weight is 201 g/mol. The van der Waals surface area contributed by atoms with E-state index in [0.29, 0.717) is 0 Å². The van der Waals surface area contributed by atoms with Crippen LogP contribution in [-0.4, -0.2) is 13.1 Å². The fourth-order valence-electron chi connectivity index (χ4n) is 0.973. The molecule has 0 amide bonds. The van der Waals surface area contributed by atoms with Crippen molar-refractivity contribution in [2.45, 2.75) is 0 Å². The summed E-state index contributed by atoms with van der Waals surface area (Å²) in [6, 6.07) is 7.32. The molecule has 0 aliphatic heterocycles. The van der Waals surface area contributed by atoms with Crippen LogP contribution in [0.2, 0.25) is 0 Å². The summed E-state index contributed by atoms with van der Waals surface area (Å²) in [6.07, 6.45) is 8.04. The van der Waals surface area contributed by atoms with Crippen LogP contribution in [0.15, 0.2) is 36.5 Å². The van der Waals surface area contributed by atoms with Gasteiger partial charge in [-0.3, -0.25) is 0 Å².